The molecule has 4 rings (SSSR count). The second-order valence-electron chi connectivity index (χ2n) is 6.26. The highest BCUT2D eigenvalue weighted by molar-refractivity contribution is 5.89. The minimum atomic E-state index is -0.298. The first-order valence-corrected chi connectivity index (χ1v) is 7.06. The van der Waals surface area contributed by atoms with Crippen molar-refractivity contribution in [2.45, 2.75) is 49.5 Å². The number of ketones is 1. The van der Waals surface area contributed by atoms with E-state index in [0.29, 0.717) is 25.0 Å². The van der Waals surface area contributed by atoms with Crippen LogP contribution in [0.5, 0.6) is 0 Å². The van der Waals surface area contributed by atoms with E-state index in [0.717, 1.165) is 19.3 Å². The van der Waals surface area contributed by atoms with E-state index in [1.54, 1.807) is 0 Å². The van der Waals surface area contributed by atoms with Crippen LogP contribution >= 0.6 is 0 Å². The standard InChI is InChI=1S/C16H17NO2/c18-12-6-7-15-10-14(19)17-16(15,9-12)8-5-11-3-1-2-4-13(11)15/h1-4H,5-10H2,(H,17,19)/t15-,16-/m1/s1. The fraction of sp³-hybridized carbons (Fsp3) is 0.500. The van der Waals surface area contributed by atoms with Gasteiger partial charge in [0.15, 0.2) is 0 Å². The molecule has 2 atom stereocenters. The fourth-order valence-electron chi connectivity index (χ4n) is 4.62. The van der Waals surface area contributed by atoms with Crippen molar-refractivity contribution in [3.05, 3.63) is 35.4 Å². The van der Waals surface area contributed by atoms with E-state index in [9.17, 15) is 9.59 Å². The highest BCUT2D eigenvalue weighted by atomic mass is 16.2. The SMILES string of the molecule is O=C1CC[C@]23CC(=O)N[C@]2(CCc2ccccc23)C1. The maximum absolute atomic E-state index is 12.1. The van der Waals surface area contributed by atoms with E-state index >= 15 is 0 Å². The maximum Gasteiger partial charge on any atom is 0.221 e. The summed E-state index contributed by atoms with van der Waals surface area (Å²) in [5, 5.41) is 3.17. The molecule has 1 N–H and O–H groups in total. The van der Waals surface area contributed by atoms with E-state index in [1.807, 2.05) is 0 Å². The molecule has 1 aromatic carbocycles. The number of fused-ring (bicyclic) bond motifs is 1. The van der Waals surface area contributed by atoms with E-state index in [1.165, 1.54) is 11.1 Å². The Balaban J connectivity index is 1.95. The predicted octanol–water partition coefficient (Wildman–Crippen LogP) is 1.88. The number of aryl methyl sites for hydroxylation is 1. The molecule has 3 aliphatic rings. The van der Waals surface area contributed by atoms with Crippen molar-refractivity contribution in [1.29, 1.82) is 0 Å². The van der Waals surface area contributed by atoms with Crippen molar-refractivity contribution in [3.8, 4) is 0 Å². The number of hydrogen-bond donors (Lipinski definition) is 1. The summed E-state index contributed by atoms with van der Waals surface area (Å²) in [5.74, 6) is 0.420. The van der Waals surface area contributed by atoms with Gasteiger partial charge in [0.1, 0.15) is 5.78 Å². The summed E-state index contributed by atoms with van der Waals surface area (Å²) >= 11 is 0. The first-order valence-electron chi connectivity index (χ1n) is 7.06. The van der Waals surface area contributed by atoms with Crippen LogP contribution in [0.1, 0.15) is 43.2 Å². The lowest BCUT2D eigenvalue weighted by Crippen LogP contribution is -2.60. The van der Waals surface area contributed by atoms with Crippen molar-refractivity contribution in [2.24, 2.45) is 0 Å². The van der Waals surface area contributed by atoms with E-state index in [-0.39, 0.29) is 16.9 Å². The highest BCUT2D eigenvalue weighted by Crippen LogP contribution is 2.56. The van der Waals surface area contributed by atoms with Crippen LogP contribution in [0.2, 0.25) is 0 Å². The molecule has 0 unspecified atom stereocenters. The van der Waals surface area contributed by atoms with Crippen LogP contribution in [0.3, 0.4) is 0 Å². The molecule has 1 amide bonds. The van der Waals surface area contributed by atoms with Crippen LogP contribution < -0.4 is 5.32 Å². The average Bonchev–Trinajstić information content (AvgIpc) is 2.70. The molecule has 0 radical (unpaired) electrons. The van der Waals surface area contributed by atoms with Gasteiger partial charge < -0.3 is 5.32 Å². The Hall–Kier alpha value is -1.64. The zero-order valence-corrected chi connectivity index (χ0v) is 10.9. The Bertz CT molecular complexity index is 594. The van der Waals surface area contributed by atoms with Gasteiger partial charge in [0.05, 0.1) is 5.54 Å². The number of nitrogens with one attached hydrogen (secondary N) is 1. The third-order valence-electron chi connectivity index (χ3n) is 5.44. The first kappa shape index (κ1) is 11.2. The number of benzene rings is 1. The fourth-order valence-corrected chi connectivity index (χ4v) is 4.62. The summed E-state index contributed by atoms with van der Waals surface area (Å²) < 4.78 is 0. The third-order valence-corrected chi connectivity index (χ3v) is 5.44. The molecule has 2 fully saturated rings. The van der Waals surface area contributed by atoms with Gasteiger partial charge in [-0.15, -0.1) is 0 Å². The Morgan fingerprint density at radius 2 is 1.84 bits per heavy atom. The quantitative estimate of drug-likeness (QED) is 0.769. The summed E-state index contributed by atoms with van der Waals surface area (Å²) in [4.78, 5) is 24.0. The van der Waals surface area contributed by atoms with Crippen LogP contribution in [0.25, 0.3) is 0 Å². The Morgan fingerprint density at radius 1 is 1.00 bits per heavy atom. The number of Topliss-reactive ketones (excluding diaryl/α,β-unsaturated/α-hetero) is 1. The van der Waals surface area contributed by atoms with Crippen LogP contribution in [0.4, 0.5) is 0 Å². The van der Waals surface area contributed by atoms with Gasteiger partial charge in [-0.25, -0.2) is 0 Å². The van der Waals surface area contributed by atoms with Crippen LogP contribution in [0, 0.1) is 0 Å². The summed E-state index contributed by atoms with van der Waals surface area (Å²) in [6.07, 6.45) is 4.38. The molecular weight excluding hydrogens is 238 g/mol. The molecule has 19 heavy (non-hydrogen) atoms. The Morgan fingerprint density at radius 3 is 2.74 bits per heavy atom. The first-order chi connectivity index (χ1) is 9.15. The van der Waals surface area contributed by atoms with Gasteiger partial charge in [-0.2, -0.15) is 0 Å². The lowest BCUT2D eigenvalue weighted by atomic mass is 9.53. The second kappa shape index (κ2) is 3.47. The van der Waals surface area contributed by atoms with E-state index < -0.39 is 0 Å². The minimum Gasteiger partial charge on any atom is -0.349 e. The lowest BCUT2D eigenvalue weighted by molar-refractivity contribution is -0.124. The minimum absolute atomic E-state index is 0.117. The number of carbonyl (C=O) groups is 2. The van der Waals surface area contributed by atoms with Gasteiger partial charge in [-0.05, 0) is 30.4 Å². The van der Waals surface area contributed by atoms with Crippen LogP contribution in [0.15, 0.2) is 24.3 Å². The molecule has 1 heterocycles. The Labute approximate surface area is 112 Å². The monoisotopic (exact) mass is 255 g/mol. The predicted molar refractivity (Wildman–Crippen MR) is 70.8 cm³/mol. The van der Waals surface area contributed by atoms with Gasteiger partial charge in [0.25, 0.3) is 0 Å². The number of carbonyl (C=O) groups excluding carboxylic acids is 2. The summed E-state index contributed by atoms with van der Waals surface area (Å²) in [6.45, 7) is 0. The Kier molecular flexibility index (Phi) is 2.05. The largest absolute Gasteiger partial charge is 0.349 e. The molecule has 0 bridgehead atoms. The summed E-state index contributed by atoms with van der Waals surface area (Å²) in [7, 11) is 0. The lowest BCUT2D eigenvalue weighted by Gasteiger charge is -2.52. The topological polar surface area (TPSA) is 46.2 Å². The van der Waals surface area contributed by atoms with Gasteiger partial charge in [-0.3, -0.25) is 9.59 Å². The van der Waals surface area contributed by atoms with Gasteiger partial charge in [-0.1, -0.05) is 24.3 Å². The zero-order valence-electron chi connectivity index (χ0n) is 10.9. The van der Waals surface area contributed by atoms with Crippen molar-refractivity contribution in [3.63, 3.8) is 0 Å². The third kappa shape index (κ3) is 1.28. The number of amides is 1. The second-order valence-corrected chi connectivity index (χ2v) is 6.26. The molecule has 2 aliphatic carbocycles. The molecule has 98 valence electrons. The molecule has 0 aromatic heterocycles. The van der Waals surface area contributed by atoms with E-state index in [2.05, 4.69) is 29.6 Å². The highest BCUT2D eigenvalue weighted by Gasteiger charge is 2.62. The van der Waals surface area contributed by atoms with E-state index in [4.69, 9.17) is 0 Å². The molecule has 3 nitrogen and oxygen atoms in total. The number of rotatable bonds is 0. The van der Waals surface area contributed by atoms with Crippen molar-refractivity contribution in [2.75, 3.05) is 0 Å². The molecule has 0 spiro atoms. The molecular formula is C16H17NO2. The molecule has 1 aromatic rings. The van der Waals surface area contributed by atoms with Crippen molar-refractivity contribution >= 4 is 11.7 Å². The number of hydrogen-bond acceptors (Lipinski definition) is 2. The van der Waals surface area contributed by atoms with Crippen molar-refractivity contribution < 1.29 is 9.59 Å². The zero-order chi connectivity index (χ0) is 13.1. The normalized spacial score (nSPS) is 36.2. The van der Waals surface area contributed by atoms with Crippen LogP contribution in [-0.4, -0.2) is 17.2 Å². The molecule has 1 saturated carbocycles. The smallest absolute Gasteiger partial charge is 0.221 e. The molecule has 1 aliphatic heterocycles. The van der Waals surface area contributed by atoms with Crippen molar-refractivity contribution in [1.82, 2.24) is 5.32 Å². The van der Waals surface area contributed by atoms with Gasteiger partial charge in [0, 0.05) is 24.7 Å². The molecule has 1 saturated heterocycles. The van der Waals surface area contributed by atoms with Crippen LogP contribution in [-0.2, 0) is 21.4 Å². The van der Waals surface area contributed by atoms with Gasteiger partial charge in [0.2, 0.25) is 5.91 Å². The van der Waals surface area contributed by atoms with Gasteiger partial charge >= 0.3 is 0 Å². The molecule has 3 heteroatoms. The average molecular weight is 255 g/mol. The summed E-state index contributed by atoms with van der Waals surface area (Å²) in [6, 6.07) is 8.47. The summed E-state index contributed by atoms with van der Waals surface area (Å²) in [5.41, 5.74) is 2.25. The maximum atomic E-state index is 12.1.